The molecule has 0 saturated heterocycles. The molecule has 0 heterocycles. The van der Waals surface area contributed by atoms with Gasteiger partial charge in [-0.3, -0.25) is 4.79 Å². The van der Waals surface area contributed by atoms with Gasteiger partial charge in [-0.15, -0.1) is 0 Å². The summed E-state index contributed by atoms with van der Waals surface area (Å²) in [5.74, 6) is 0.795. The molecule has 2 aromatic carbocycles. The van der Waals surface area contributed by atoms with Crippen molar-refractivity contribution in [3.05, 3.63) is 58.7 Å². The number of hydrogen-bond acceptors (Lipinski definition) is 3. The zero-order chi connectivity index (χ0) is 15.4. The van der Waals surface area contributed by atoms with Crippen LogP contribution in [0.1, 0.15) is 33.5 Å². The molecule has 0 amide bonds. The van der Waals surface area contributed by atoms with Gasteiger partial charge in [-0.2, -0.15) is 0 Å². The van der Waals surface area contributed by atoms with Crippen LogP contribution in [-0.4, -0.2) is 12.9 Å². The van der Waals surface area contributed by atoms with E-state index in [2.05, 4.69) is 0 Å². The van der Waals surface area contributed by atoms with Crippen molar-refractivity contribution >= 4 is 11.5 Å². The number of aryl methyl sites for hydroxylation is 2. The monoisotopic (exact) mass is 283 g/mol. The minimum Gasteiger partial charge on any atom is -0.496 e. The van der Waals surface area contributed by atoms with Gasteiger partial charge < -0.3 is 10.5 Å². The molecule has 0 bridgehead atoms. The largest absolute Gasteiger partial charge is 0.496 e. The average molecular weight is 283 g/mol. The van der Waals surface area contributed by atoms with Crippen LogP contribution in [0.5, 0.6) is 5.75 Å². The highest BCUT2D eigenvalue weighted by molar-refractivity contribution is 5.99. The fourth-order valence-electron chi connectivity index (χ4n) is 2.35. The van der Waals surface area contributed by atoms with E-state index in [-0.39, 0.29) is 5.78 Å². The molecule has 3 heteroatoms. The van der Waals surface area contributed by atoms with E-state index in [0.29, 0.717) is 24.2 Å². The molecule has 0 unspecified atom stereocenters. The third-order valence-corrected chi connectivity index (χ3v) is 3.80. The Morgan fingerprint density at radius 1 is 1.10 bits per heavy atom. The molecular weight excluding hydrogens is 262 g/mol. The third kappa shape index (κ3) is 3.43. The van der Waals surface area contributed by atoms with E-state index in [1.165, 1.54) is 0 Å². The van der Waals surface area contributed by atoms with Crippen LogP contribution in [0.2, 0.25) is 0 Å². The lowest BCUT2D eigenvalue weighted by molar-refractivity contribution is 0.0979. The zero-order valence-electron chi connectivity index (χ0n) is 12.8. The Bertz CT molecular complexity index is 645. The van der Waals surface area contributed by atoms with Gasteiger partial charge in [-0.1, -0.05) is 18.2 Å². The normalized spacial score (nSPS) is 10.4. The Labute approximate surface area is 125 Å². The van der Waals surface area contributed by atoms with Crippen LogP contribution >= 0.6 is 0 Å². The smallest absolute Gasteiger partial charge is 0.166 e. The number of anilines is 1. The van der Waals surface area contributed by atoms with E-state index in [0.717, 1.165) is 22.4 Å². The van der Waals surface area contributed by atoms with E-state index >= 15 is 0 Å². The highest BCUT2D eigenvalue weighted by Crippen LogP contribution is 2.27. The molecule has 0 spiro atoms. The zero-order valence-corrected chi connectivity index (χ0v) is 12.8. The Morgan fingerprint density at radius 2 is 1.76 bits per heavy atom. The number of ether oxygens (including phenoxy) is 1. The summed E-state index contributed by atoms with van der Waals surface area (Å²) in [6.07, 6.45) is 1.16. The van der Waals surface area contributed by atoms with Gasteiger partial charge in [0, 0.05) is 12.1 Å². The van der Waals surface area contributed by atoms with Crippen molar-refractivity contribution in [1.29, 1.82) is 0 Å². The van der Waals surface area contributed by atoms with Crippen molar-refractivity contribution in [2.45, 2.75) is 26.7 Å². The molecule has 0 aliphatic carbocycles. The fraction of sp³-hybridized carbons (Fsp3) is 0.278. The first-order chi connectivity index (χ1) is 10.0. The van der Waals surface area contributed by atoms with Crippen LogP contribution in [-0.2, 0) is 6.42 Å². The summed E-state index contributed by atoms with van der Waals surface area (Å²) in [7, 11) is 1.61. The number of carbonyl (C=O) groups excluding carboxylic acids is 1. The summed E-state index contributed by atoms with van der Waals surface area (Å²) in [6.45, 7) is 3.99. The number of Topliss-reactive ketones (excluding diaryl/α,β-unsaturated/α-hetero) is 1. The molecule has 3 nitrogen and oxygen atoms in total. The Morgan fingerprint density at radius 3 is 2.38 bits per heavy atom. The Balaban J connectivity index is 2.13. The average Bonchev–Trinajstić information content (AvgIpc) is 2.49. The van der Waals surface area contributed by atoms with Crippen molar-refractivity contribution in [2.75, 3.05) is 12.8 Å². The Hall–Kier alpha value is -2.29. The topological polar surface area (TPSA) is 52.3 Å². The number of nitrogen functional groups attached to an aromatic ring is 1. The van der Waals surface area contributed by atoms with Crippen LogP contribution in [0, 0.1) is 13.8 Å². The molecule has 0 fully saturated rings. The first-order valence-electron chi connectivity index (χ1n) is 7.04. The van der Waals surface area contributed by atoms with Crippen LogP contribution in [0.3, 0.4) is 0 Å². The second kappa shape index (κ2) is 6.44. The van der Waals surface area contributed by atoms with Gasteiger partial charge >= 0.3 is 0 Å². The van der Waals surface area contributed by atoms with Gasteiger partial charge in [0.15, 0.2) is 5.78 Å². The molecule has 2 N–H and O–H groups in total. The van der Waals surface area contributed by atoms with Crippen molar-refractivity contribution in [3.8, 4) is 5.75 Å². The van der Waals surface area contributed by atoms with Gasteiger partial charge in [-0.25, -0.2) is 0 Å². The van der Waals surface area contributed by atoms with Crippen molar-refractivity contribution in [1.82, 2.24) is 0 Å². The first kappa shape index (κ1) is 15.1. The van der Waals surface area contributed by atoms with Crippen LogP contribution in [0.4, 0.5) is 5.69 Å². The SMILES string of the molecule is COc1c(C(=O)CCc2ccc(N)cc2)ccc(C)c1C. The molecule has 2 rings (SSSR count). The van der Waals surface area contributed by atoms with Gasteiger partial charge in [0.2, 0.25) is 0 Å². The molecule has 0 saturated carbocycles. The lowest BCUT2D eigenvalue weighted by Gasteiger charge is -2.12. The Kier molecular flexibility index (Phi) is 4.63. The van der Waals surface area contributed by atoms with Crippen molar-refractivity contribution in [3.63, 3.8) is 0 Å². The number of methoxy groups -OCH3 is 1. The summed E-state index contributed by atoms with van der Waals surface area (Å²) in [6, 6.07) is 11.5. The maximum Gasteiger partial charge on any atom is 0.166 e. The minimum absolute atomic E-state index is 0.103. The van der Waals surface area contributed by atoms with Gasteiger partial charge in [-0.05, 0) is 55.2 Å². The van der Waals surface area contributed by atoms with E-state index in [1.54, 1.807) is 7.11 Å². The molecule has 0 aliphatic rings. The van der Waals surface area contributed by atoms with Gasteiger partial charge in [0.05, 0.1) is 12.7 Å². The molecule has 0 radical (unpaired) electrons. The molecule has 110 valence electrons. The molecule has 0 atom stereocenters. The summed E-state index contributed by atoms with van der Waals surface area (Å²) in [5, 5.41) is 0. The minimum atomic E-state index is 0.103. The maximum absolute atomic E-state index is 12.4. The highest BCUT2D eigenvalue weighted by Gasteiger charge is 2.15. The van der Waals surface area contributed by atoms with E-state index in [4.69, 9.17) is 10.5 Å². The first-order valence-corrected chi connectivity index (χ1v) is 7.04. The molecular formula is C18H21NO2. The molecule has 0 aromatic heterocycles. The molecule has 2 aromatic rings. The van der Waals surface area contributed by atoms with Crippen LogP contribution < -0.4 is 10.5 Å². The summed E-state index contributed by atoms with van der Waals surface area (Å²) in [5.41, 5.74) is 10.3. The summed E-state index contributed by atoms with van der Waals surface area (Å²) in [4.78, 5) is 12.4. The highest BCUT2D eigenvalue weighted by atomic mass is 16.5. The number of benzene rings is 2. The summed E-state index contributed by atoms with van der Waals surface area (Å²) >= 11 is 0. The number of hydrogen-bond donors (Lipinski definition) is 1. The van der Waals surface area contributed by atoms with E-state index in [9.17, 15) is 4.79 Å². The number of rotatable bonds is 5. The number of nitrogens with two attached hydrogens (primary N) is 1. The molecule has 21 heavy (non-hydrogen) atoms. The van der Waals surface area contributed by atoms with Crippen LogP contribution in [0.25, 0.3) is 0 Å². The summed E-state index contributed by atoms with van der Waals surface area (Å²) < 4.78 is 5.41. The van der Waals surface area contributed by atoms with Gasteiger partial charge in [0.25, 0.3) is 0 Å². The lowest BCUT2D eigenvalue weighted by Crippen LogP contribution is -2.06. The number of carbonyl (C=O) groups is 1. The number of ketones is 1. The standard InChI is InChI=1S/C18H21NO2/c1-12-4-10-16(18(21-3)13(12)2)17(20)11-7-14-5-8-15(19)9-6-14/h4-6,8-10H,7,11,19H2,1-3H3. The van der Waals surface area contributed by atoms with E-state index < -0.39 is 0 Å². The molecule has 0 aliphatic heterocycles. The quantitative estimate of drug-likeness (QED) is 0.672. The van der Waals surface area contributed by atoms with Crippen molar-refractivity contribution in [2.24, 2.45) is 0 Å². The predicted octanol–water partition coefficient (Wildman–Crippen LogP) is 3.71. The second-order valence-electron chi connectivity index (χ2n) is 5.25. The third-order valence-electron chi connectivity index (χ3n) is 3.80. The van der Waals surface area contributed by atoms with Crippen molar-refractivity contribution < 1.29 is 9.53 Å². The van der Waals surface area contributed by atoms with E-state index in [1.807, 2.05) is 50.2 Å². The maximum atomic E-state index is 12.4. The van der Waals surface area contributed by atoms with Gasteiger partial charge in [0.1, 0.15) is 5.75 Å². The van der Waals surface area contributed by atoms with Crippen LogP contribution in [0.15, 0.2) is 36.4 Å². The fourth-order valence-corrected chi connectivity index (χ4v) is 2.35. The predicted molar refractivity (Wildman–Crippen MR) is 86.0 cm³/mol. The second-order valence-corrected chi connectivity index (χ2v) is 5.25. The lowest BCUT2D eigenvalue weighted by atomic mass is 9.98.